The SMILES string of the molecule is O=C(NCc1ccc(-c2ccn[nH]2)cc1)C1=COCCO1. The summed E-state index contributed by atoms with van der Waals surface area (Å²) >= 11 is 0. The predicted octanol–water partition coefficient (Wildman–Crippen LogP) is 1.58. The summed E-state index contributed by atoms with van der Waals surface area (Å²) < 4.78 is 10.3. The molecule has 2 aromatic rings. The maximum atomic E-state index is 11.8. The van der Waals surface area contributed by atoms with E-state index in [-0.39, 0.29) is 11.7 Å². The number of amides is 1. The fourth-order valence-electron chi connectivity index (χ4n) is 1.98. The summed E-state index contributed by atoms with van der Waals surface area (Å²) in [4.78, 5) is 11.8. The number of hydrogen-bond acceptors (Lipinski definition) is 4. The molecule has 0 aliphatic carbocycles. The van der Waals surface area contributed by atoms with E-state index in [1.165, 1.54) is 6.26 Å². The Labute approximate surface area is 121 Å². The molecule has 3 rings (SSSR count). The van der Waals surface area contributed by atoms with Crippen molar-refractivity contribution < 1.29 is 14.3 Å². The second-order valence-corrected chi connectivity index (χ2v) is 4.55. The van der Waals surface area contributed by atoms with Crippen LogP contribution in [-0.2, 0) is 20.8 Å². The van der Waals surface area contributed by atoms with Gasteiger partial charge in [-0.1, -0.05) is 24.3 Å². The van der Waals surface area contributed by atoms with Crippen LogP contribution in [0.25, 0.3) is 11.3 Å². The minimum absolute atomic E-state index is 0.218. The molecule has 6 nitrogen and oxygen atoms in total. The minimum Gasteiger partial charge on any atom is -0.494 e. The Balaban J connectivity index is 1.58. The molecule has 1 aliphatic rings. The highest BCUT2D eigenvalue weighted by Gasteiger charge is 2.14. The van der Waals surface area contributed by atoms with Crippen molar-refractivity contribution >= 4 is 5.91 Å². The number of ether oxygens (including phenoxy) is 2. The van der Waals surface area contributed by atoms with Crippen LogP contribution in [-0.4, -0.2) is 29.3 Å². The van der Waals surface area contributed by atoms with E-state index in [9.17, 15) is 4.79 Å². The third-order valence-electron chi connectivity index (χ3n) is 3.09. The Kier molecular flexibility index (Phi) is 3.86. The molecule has 1 aliphatic heterocycles. The molecule has 0 saturated carbocycles. The van der Waals surface area contributed by atoms with Crippen LogP contribution < -0.4 is 5.32 Å². The van der Waals surface area contributed by atoms with Crippen LogP contribution in [0.1, 0.15) is 5.56 Å². The summed E-state index contributed by atoms with van der Waals surface area (Å²) in [5, 5.41) is 9.62. The maximum absolute atomic E-state index is 11.8. The van der Waals surface area contributed by atoms with E-state index < -0.39 is 0 Å². The van der Waals surface area contributed by atoms with Crippen molar-refractivity contribution in [2.45, 2.75) is 6.54 Å². The summed E-state index contributed by atoms with van der Waals surface area (Å²) in [5.74, 6) is -0.0531. The lowest BCUT2D eigenvalue weighted by atomic mass is 10.1. The molecular formula is C15H15N3O3. The van der Waals surface area contributed by atoms with E-state index in [2.05, 4.69) is 15.5 Å². The third-order valence-corrected chi connectivity index (χ3v) is 3.09. The average molecular weight is 285 g/mol. The smallest absolute Gasteiger partial charge is 0.289 e. The zero-order valence-electron chi connectivity index (χ0n) is 11.3. The van der Waals surface area contributed by atoms with Crippen molar-refractivity contribution in [3.05, 3.63) is 54.1 Å². The highest BCUT2D eigenvalue weighted by molar-refractivity contribution is 5.91. The number of carbonyl (C=O) groups is 1. The molecule has 0 atom stereocenters. The molecule has 0 spiro atoms. The Morgan fingerprint density at radius 2 is 2.10 bits per heavy atom. The fourth-order valence-corrected chi connectivity index (χ4v) is 1.98. The molecule has 0 bridgehead atoms. The van der Waals surface area contributed by atoms with Gasteiger partial charge in [-0.05, 0) is 17.2 Å². The first-order chi connectivity index (χ1) is 10.3. The number of nitrogens with zero attached hydrogens (tertiary/aromatic N) is 1. The molecule has 21 heavy (non-hydrogen) atoms. The zero-order valence-corrected chi connectivity index (χ0v) is 11.3. The van der Waals surface area contributed by atoms with Crippen molar-refractivity contribution in [2.24, 2.45) is 0 Å². The van der Waals surface area contributed by atoms with Crippen LogP contribution in [0.15, 0.2) is 48.5 Å². The van der Waals surface area contributed by atoms with E-state index in [4.69, 9.17) is 9.47 Å². The van der Waals surface area contributed by atoms with Gasteiger partial charge in [0.15, 0.2) is 0 Å². The topological polar surface area (TPSA) is 76.2 Å². The van der Waals surface area contributed by atoms with Gasteiger partial charge < -0.3 is 14.8 Å². The summed E-state index contributed by atoms with van der Waals surface area (Å²) in [6, 6.07) is 9.79. The first kappa shape index (κ1) is 13.2. The van der Waals surface area contributed by atoms with Gasteiger partial charge in [0.1, 0.15) is 19.5 Å². The molecule has 0 radical (unpaired) electrons. The van der Waals surface area contributed by atoms with Gasteiger partial charge in [0.2, 0.25) is 5.76 Å². The number of hydrogen-bond donors (Lipinski definition) is 2. The van der Waals surface area contributed by atoms with E-state index in [0.29, 0.717) is 19.8 Å². The van der Waals surface area contributed by atoms with Crippen LogP contribution in [0.4, 0.5) is 0 Å². The molecule has 1 aromatic carbocycles. The fraction of sp³-hybridized carbons (Fsp3) is 0.200. The van der Waals surface area contributed by atoms with Crippen LogP contribution in [0.5, 0.6) is 0 Å². The number of H-pyrrole nitrogens is 1. The van der Waals surface area contributed by atoms with E-state index in [1.807, 2.05) is 30.3 Å². The van der Waals surface area contributed by atoms with Crippen molar-refractivity contribution in [3.63, 3.8) is 0 Å². The van der Waals surface area contributed by atoms with Gasteiger partial charge in [0, 0.05) is 12.7 Å². The van der Waals surface area contributed by atoms with E-state index in [1.54, 1.807) is 6.20 Å². The third kappa shape index (κ3) is 3.22. The van der Waals surface area contributed by atoms with Crippen LogP contribution in [0, 0.1) is 0 Å². The molecule has 0 saturated heterocycles. The second-order valence-electron chi connectivity index (χ2n) is 4.55. The zero-order chi connectivity index (χ0) is 14.5. The van der Waals surface area contributed by atoms with Crippen molar-refractivity contribution in [2.75, 3.05) is 13.2 Å². The van der Waals surface area contributed by atoms with Crippen LogP contribution in [0.3, 0.4) is 0 Å². The van der Waals surface area contributed by atoms with E-state index in [0.717, 1.165) is 16.8 Å². The molecule has 0 fully saturated rings. The normalized spacial score (nSPS) is 13.8. The van der Waals surface area contributed by atoms with Crippen LogP contribution in [0.2, 0.25) is 0 Å². The molecule has 0 unspecified atom stereocenters. The first-order valence-electron chi connectivity index (χ1n) is 6.64. The molecule has 2 heterocycles. The van der Waals surface area contributed by atoms with E-state index >= 15 is 0 Å². The van der Waals surface area contributed by atoms with Gasteiger partial charge in [-0.2, -0.15) is 5.10 Å². The quantitative estimate of drug-likeness (QED) is 0.894. The van der Waals surface area contributed by atoms with Gasteiger partial charge in [-0.25, -0.2) is 0 Å². The molecule has 108 valence electrons. The molecular weight excluding hydrogens is 270 g/mol. The Morgan fingerprint density at radius 3 is 2.76 bits per heavy atom. The van der Waals surface area contributed by atoms with Crippen molar-refractivity contribution in [1.82, 2.24) is 15.5 Å². The molecule has 6 heteroatoms. The number of aromatic amines is 1. The lowest BCUT2D eigenvalue weighted by Gasteiger charge is -2.15. The Hall–Kier alpha value is -2.76. The minimum atomic E-state index is -0.271. The van der Waals surface area contributed by atoms with Crippen molar-refractivity contribution in [3.8, 4) is 11.3 Å². The second kappa shape index (κ2) is 6.13. The molecule has 1 aromatic heterocycles. The standard InChI is InChI=1S/C15H15N3O3/c19-15(14-10-20-7-8-21-14)16-9-11-1-3-12(4-2-11)13-5-6-17-18-13/h1-6,10H,7-9H2,(H,16,19)(H,17,18). The van der Waals surface area contributed by atoms with Crippen molar-refractivity contribution in [1.29, 1.82) is 0 Å². The summed E-state index contributed by atoms with van der Waals surface area (Å²) in [5.41, 5.74) is 3.02. The summed E-state index contributed by atoms with van der Waals surface area (Å²) in [6.45, 7) is 1.31. The Morgan fingerprint density at radius 1 is 1.24 bits per heavy atom. The highest BCUT2D eigenvalue weighted by atomic mass is 16.6. The summed E-state index contributed by atoms with van der Waals surface area (Å²) in [7, 11) is 0. The molecule has 2 N–H and O–H groups in total. The molecule has 1 amide bonds. The summed E-state index contributed by atoms with van der Waals surface area (Å²) in [6.07, 6.45) is 3.06. The van der Waals surface area contributed by atoms with Gasteiger partial charge in [0.05, 0.1) is 5.69 Å². The lowest BCUT2D eigenvalue weighted by molar-refractivity contribution is -0.122. The average Bonchev–Trinajstić information content (AvgIpc) is 3.08. The monoisotopic (exact) mass is 285 g/mol. The number of rotatable bonds is 4. The largest absolute Gasteiger partial charge is 0.494 e. The van der Waals surface area contributed by atoms with Crippen LogP contribution >= 0.6 is 0 Å². The maximum Gasteiger partial charge on any atom is 0.289 e. The van der Waals surface area contributed by atoms with Gasteiger partial charge in [-0.3, -0.25) is 9.89 Å². The van der Waals surface area contributed by atoms with Gasteiger partial charge >= 0.3 is 0 Å². The number of aromatic nitrogens is 2. The number of carbonyl (C=O) groups excluding carboxylic acids is 1. The lowest BCUT2D eigenvalue weighted by Crippen LogP contribution is -2.27. The highest BCUT2D eigenvalue weighted by Crippen LogP contribution is 2.16. The first-order valence-corrected chi connectivity index (χ1v) is 6.64. The number of nitrogens with one attached hydrogen (secondary N) is 2. The number of benzene rings is 1. The van der Waals surface area contributed by atoms with Gasteiger partial charge in [0.25, 0.3) is 5.91 Å². The predicted molar refractivity (Wildman–Crippen MR) is 75.9 cm³/mol. The Bertz CT molecular complexity index is 633. The van der Waals surface area contributed by atoms with Gasteiger partial charge in [-0.15, -0.1) is 0 Å².